The minimum atomic E-state index is 0.0309. The number of hydrogen-bond acceptors (Lipinski definition) is 5. The number of aliphatic hydroxyl groups is 1. The molecule has 1 aromatic carbocycles. The molecule has 0 saturated carbocycles. The third-order valence-electron chi connectivity index (χ3n) is 2.04. The molecule has 0 saturated heterocycles. The summed E-state index contributed by atoms with van der Waals surface area (Å²) in [4.78, 5) is 4.02. The normalized spacial score (nSPS) is 10.4. The van der Waals surface area contributed by atoms with E-state index in [9.17, 15) is 0 Å². The SMILES string of the molecule is Cc1noc(COc2ccc(CO)cc2)n1. The lowest BCUT2D eigenvalue weighted by atomic mass is 10.2. The third-order valence-corrected chi connectivity index (χ3v) is 2.04. The first kappa shape index (κ1) is 10.6. The van der Waals surface area contributed by atoms with Crippen molar-refractivity contribution >= 4 is 0 Å². The average Bonchev–Trinajstić information content (AvgIpc) is 2.73. The Hall–Kier alpha value is -1.88. The van der Waals surface area contributed by atoms with Crippen molar-refractivity contribution in [2.45, 2.75) is 20.1 Å². The average molecular weight is 220 g/mol. The monoisotopic (exact) mass is 220 g/mol. The minimum Gasteiger partial charge on any atom is -0.484 e. The maximum Gasteiger partial charge on any atom is 0.264 e. The van der Waals surface area contributed by atoms with Gasteiger partial charge in [0, 0.05) is 0 Å². The zero-order valence-electron chi connectivity index (χ0n) is 8.88. The molecular formula is C11H12N2O3. The van der Waals surface area contributed by atoms with Crippen molar-refractivity contribution in [1.29, 1.82) is 0 Å². The van der Waals surface area contributed by atoms with Crippen molar-refractivity contribution in [2.75, 3.05) is 0 Å². The molecule has 0 fully saturated rings. The van der Waals surface area contributed by atoms with Crippen LogP contribution >= 0.6 is 0 Å². The van der Waals surface area contributed by atoms with Gasteiger partial charge in [-0.05, 0) is 24.6 Å². The first-order valence-electron chi connectivity index (χ1n) is 4.90. The fourth-order valence-electron chi connectivity index (χ4n) is 1.23. The van der Waals surface area contributed by atoms with Gasteiger partial charge in [-0.15, -0.1) is 0 Å². The molecule has 0 spiro atoms. The maximum absolute atomic E-state index is 8.87. The van der Waals surface area contributed by atoms with Crippen LogP contribution in [0.5, 0.6) is 5.75 Å². The van der Waals surface area contributed by atoms with Crippen LogP contribution in [0.1, 0.15) is 17.3 Å². The molecule has 0 unspecified atom stereocenters. The quantitative estimate of drug-likeness (QED) is 0.844. The fraction of sp³-hybridized carbons (Fsp3) is 0.273. The van der Waals surface area contributed by atoms with E-state index in [1.165, 1.54) is 0 Å². The Bertz CT molecular complexity index is 451. The van der Waals surface area contributed by atoms with E-state index >= 15 is 0 Å². The summed E-state index contributed by atoms with van der Waals surface area (Å²) >= 11 is 0. The standard InChI is InChI=1S/C11H12N2O3/c1-8-12-11(16-13-8)7-15-10-4-2-9(6-14)3-5-10/h2-5,14H,6-7H2,1H3. The van der Waals surface area contributed by atoms with Gasteiger partial charge in [0.15, 0.2) is 12.4 Å². The summed E-state index contributed by atoms with van der Waals surface area (Å²) in [7, 11) is 0. The summed E-state index contributed by atoms with van der Waals surface area (Å²) in [6.45, 7) is 2.03. The van der Waals surface area contributed by atoms with Gasteiger partial charge < -0.3 is 14.4 Å². The molecule has 16 heavy (non-hydrogen) atoms. The molecule has 0 aliphatic carbocycles. The summed E-state index contributed by atoms with van der Waals surface area (Å²) in [5, 5.41) is 12.5. The Labute approximate surface area is 92.7 Å². The molecule has 0 aliphatic rings. The minimum absolute atomic E-state index is 0.0309. The lowest BCUT2D eigenvalue weighted by Crippen LogP contribution is -1.95. The van der Waals surface area contributed by atoms with E-state index in [1.54, 1.807) is 31.2 Å². The van der Waals surface area contributed by atoms with E-state index in [1.807, 2.05) is 0 Å². The molecule has 0 bridgehead atoms. The lowest BCUT2D eigenvalue weighted by Gasteiger charge is -2.03. The van der Waals surface area contributed by atoms with Gasteiger partial charge in [0.05, 0.1) is 6.61 Å². The molecule has 2 aromatic rings. The van der Waals surface area contributed by atoms with Crippen LogP contribution in [0.3, 0.4) is 0 Å². The largest absolute Gasteiger partial charge is 0.484 e. The van der Waals surface area contributed by atoms with Crippen LogP contribution < -0.4 is 4.74 Å². The van der Waals surface area contributed by atoms with Gasteiger partial charge in [-0.3, -0.25) is 0 Å². The highest BCUT2D eigenvalue weighted by molar-refractivity contribution is 5.26. The molecule has 0 aliphatic heterocycles. The molecule has 1 aromatic heterocycles. The van der Waals surface area contributed by atoms with Crippen LogP contribution in [0.2, 0.25) is 0 Å². The van der Waals surface area contributed by atoms with Crippen molar-refractivity contribution in [3.05, 3.63) is 41.5 Å². The third kappa shape index (κ3) is 2.58. The van der Waals surface area contributed by atoms with Gasteiger partial charge in [0.25, 0.3) is 5.89 Å². The van der Waals surface area contributed by atoms with Gasteiger partial charge in [0.1, 0.15) is 5.75 Å². The topological polar surface area (TPSA) is 68.4 Å². The van der Waals surface area contributed by atoms with Crippen LogP contribution in [0, 0.1) is 6.92 Å². The summed E-state index contributed by atoms with van der Waals surface area (Å²) in [5.41, 5.74) is 0.848. The highest BCUT2D eigenvalue weighted by atomic mass is 16.5. The second kappa shape index (κ2) is 4.76. The predicted molar refractivity (Wildman–Crippen MR) is 55.7 cm³/mol. The van der Waals surface area contributed by atoms with E-state index in [-0.39, 0.29) is 13.2 Å². The van der Waals surface area contributed by atoms with Crippen LogP contribution in [0.25, 0.3) is 0 Å². The highest BCUT2D eigenvalue weighted by Gasteiger charge is 2.03. The van der Waals surface area contributed by atoms with Gasteiger partial charge in [-0.25, -0.2) is 0 Å². The van der Waals surface area contributed by atoms with E-state index in [0.29, 0.717) is 17.5 Å². The number of aliphatic hydroxyl groups excluding tert-OH is 1. The molecule has 5 heteroatoms. The van der Waals surface area contributed by atoms with Crippen LogP contribution in [0.4, 0.5) is 0 Å². The van der Waals surface area contributed by atoms with Crippen molar-refractivity contribution < 1.29 is 14.4 Å². The second-order valence-electron chi connectivity index (χ2n) is 3.33. The van der Waals surface area contributed by atoms with Gasteiger partial charge in [-0.1, -0.05) is 17.3 Å². The first-order chi connectivity index (χ1) is 7.78. The highest BCUT2D eigenvalue weighted by Crippen LogP contribution is 2.13. The molecule has 0 amide bonds. The summed E-state index contributed by atoms with van der Waals surface area (Å²) < 4.78 is 10.3. The number of hydrogen-bond donors (Lipinski definition) is 1. The zero-order chi connectivity index (χ0) is 11.4. The van der Waals surface area contributed by atoms with Crippen LogP contribution in [-0.2, 0) is 13.2 Å². The summed E-state index contributed by atoms with van der Waals surface area (Å²) in [5.74, 6) is 1.74. The second-order valence-corrected chi connectivity index (χ2v) is 3.33. The lowest BCUT2D eigenvalue weighted by molar-refractivity contribution is 0.242. The van der Waals surface area contributed by atoms with E-state index in [0.717, 1.165) is 5.56 Å². The van der Waals surface area contributed by atoms with E-state index in [4.69, 9.17) is 14.4 Å². The van der Waals surface area contributed by atoms with Gasteiger partial charge >= 0.3 is 0 Å². The Morgan fingerprint density at radius 2 is 2.06 bits per heavy atom. The van der Waals surface area contributed by atoms with Crippen molar-refractivity contribution in [3.63, 3.8) is 0 Å². The van der Waals surface area contributed by atoms with Crippen molar-refractivity contribution in [1.82, 2.24) is 10.1 Å². The fourth-order valence-corrected chi connectivity index (χ4v) is 1.23. The number of aryl methyl sites for hydroxylation is 1. The van der Waals surface area contributed by atoms with E-state index in [2.05, 4.69) is 10.1 Å². The number of aromatic nitrogens is 2. The maximum atomic E-state index is 8.87. The molecule has 5 nitrogen and oxygen atoms in total. The van der Waals surface area contributed by atoms with Gasteiger partial charge in [-0.2, -0.15) is 4.98 Å². The Morgan fingerprint density at radius 3 is 2.62 bits per heavy atom. The van der Waals surface area contributed by atoms with Crippen LogP contribution in [0.15, 0.2) is 28.8 Å². The zero-order valence-corrected chi connectivity index (χ0v) is 8.88. The van der Waals surface area contributed by atoms with Crippen molar-refractivity contribution in [2.24, 2.45) is 0 Å². The van der Waals surface area contributed by atoms with Crippen molar-refractivity contribution in [3.8, 4) is 5.75 Å². The summed E-state index contributed by atoms with van der Waals surface area (Å²) in [6, 6.07) is 7.17. The first-order valence-corrected chi connectivity index (χ1v) is 4.90. The molecule has 84 valence electrons. The number of ether oxygens (including phenoxy) is 1. The predicted octanol–water partition coefficient (Wildman–Crippen LogP) is 1.45. The molecule has 2 rings (SSSR count). The molecule has 1 heterocycles. The number of benzene rings is 1. The molecular weight excluding hydrogens is 208 g/mol. The van der Waals surface area contributed by atoms with E-state index < -0.39 is 0 Å². The Morgan fingerprint density at radius 1 is 1.31 bits per heavy atom. The number of rotatable bonds is 4. The number of nitrogens with zero attached hydrogens (tertiary/aromatic N) is 2. The smallest absolute Gasteiger partial charge is 0.264 e. The van der Waals surface area contributed by atoms with Gasteiger partial charge in [0.2, 0.25) is 0 Å². The Kier molecular flexibility index (Phi) is 3.16. The summed E-state index contributed by atoms with van der Waals surface area (Å²) in [6.07, 6.45) is 0. The Balaban J connectivity index is 1.94. The van der Waals surface area contributed by atoms with Crippen LogP contribution in [-0.4, -0.2) is 15.2 Å². The molecule has 0 radical (unpaired) electrons. The molecule has 1 N–H and O–H groups in total. The molecule has 0 atom stereocenters.